The lowest BCUT2D eigenvalue weighted by molar-refractivity contribution is -0.130. The SMILES string of the molecule is C#CC[C@H](N)CNC(C)C(=O)NC(C(=O)NCC)C(C)C. The second-order valence-corrected chi connectivity index (χ2v) is 5.42. The fourth-order valence-corrected chi connectivity index (χ4v) is 1.74. The molecule has 0 aromatic heterocycles. The molecule has 0 aromatic rings. The Balaban J connectivity index is 4.42. The van der Waals surface area contributed by atoms with Crippen molar-refractivity contribution >= 4 is 11.8 Å². The Morgan fingerprint density at radius 2 is 1.86 bits per heavy atom. The van der Waals surface area contributed by atoms with Crippen LogP contribution < -0.4 is 21.7 Å². The quantitative estimate of drug-likeness (QED) is 0.435. The van der Waals surface area contributed by atoms with Gasteiger partial charge in [0.15, 0.2) is 0 Å². The fraction of sp³-hybridized carbons (Fsp3) is 0.733. The number of hydrogen-bond acceptors (Lipinski definition) is 4. The largest absolute Gasteiger partial charge is 0.355 e. The second-order valence-electron chi connectivity index (χ2n) is 5.42. The second kappa shape index (κ2) is 10.2. The van der Waals surface area contributed by atoms with Crippen LogP contribution in [0.1, 0.15) is 34.1 Å². The van der Waals surface area contributed by atoms with Crippen LogP contribution in [0.25, 0.3) is 0 Å². The van der Waals surface area contributed by atoms with Gasteiger partial charge in [0.2, 0.25) is 11.8 Å². The number of hydrogen-bond donors (Lipinski definition) is 4. The summed E-state index contributed by atoms with van der Waals surface area (Å²) in [6, 6.07) is -1.17. The van der Waals surface area contributed by atoms with Crippen molar-refractivity contribution in [1.29, 1.82) is 0 Å². The topological polar surface area (TPSA) is 96.2 Å². The van der Waals surface area contributed by atoms with Crippen molar-refractivity contribution in [2.75, 3.05) is 13.1 Å². The molecule has 0 spiro atoms. The summed E-state index contributed by atoms with van der Waals surface area (Å²) in [6.45, 7) is 8.34. The van der Waals surface area contributed by atoms with E-state index in [4.69, 9.17) is 12.2 Å². The van der Waals surface area contributed by atoms with E-state index in [0.29, 0.717) is 19.5 Å². The molecule has 120 valence electrons. The summed E-state index contributed by atoms with van der Waals surface area (Å²) in [5, 5.41) is 8.50. The molecule has 0 aromatic carbocycles. The highest BCUT2D eigenvalue weighted by Gasteiger charge is 2.25. The van der Waals surface area contributed by atoms with Crippen LogP contribution in [0.5, 0.6) is 0 Å². The van der Waals surface area contributed by atoms with Crippen LogP contribution in [-0.4, -0.2) is 43.0 Å². The number of terminal acetylenes is 1. The number of nitrogens with one attached hydrogen (secondary N) is 3. The Morgan fingerprint density at radius 1 is 1.24 bits per heavy atom. The maximum Gasteiger partial charge on any atom is 0.242 e. The van der Waals surface area contributed by atoms with Gasteiger partial charge in [0.25, 0.3) is 0 Å². The smallest absolute Gasteiger partial charge is 0.242 e. The van der Waals surface area contributed by atoms with Crippen molar-refractivity contribution in [2.24, 2.45) is 11.7 Å². The van der Waals surface area contributed by atoms with Crippen LogP contribution >= 0.6 is 0 Å². The van der Waals surface area contributed by atoms with Crippen molar-refractivity contribution < 1.29 is 9.59 Å². The van der Waals surface area contributed by atoms with Crippen LogP contribution in [0.4, 0.5) is 0 Å². The number of likely N-dealkylation sites (N-methyl/N-ethyl adjacent to an activating group) is 1. The maximum absolute atomic E-state index is 12.1. The van der Waals surface area contributed by atoms with E-state index < -0.39 is 12.1 Å². The van der Waals surface area contributed by atoms with Crippen molar-refractivity contribution in [1.82, 2.24) is 16.0 Å². The summed E-state index contributed by atoms with van der Waals surface area (Å²) < 4.78 is 0. The van der Waals surface area contributed by atoms with Crippen molar-refractivity contribution in [3.05, 3.63) is 0 Å². The first-order valence-electron chi connectivity index (χ1n) is 7.33. The molecular formula is C15H28N4O2. The van der Waals surface area contributed by atoms with Gasteiger partial charge in [-0.1, -0.05) is 13.8 Å². The van der Waals surface area contributed by atoms with Gasteiger partial charge in [0, 0.05) is 25.6 Å². The van der Waals surface area contributed by atoms with Gasteiger partial charge in [0.1, 0.15) is 6.04 Å². The molecule has 5 N–H and O–H groups in total. The summed E-state index contributed by atoms with van der Waals surface area (Å²) >= 11 is 0. The van der Waals surface area contributed by atoms with Gasteiger partial charge in [-0.05, 0) is 19.8 Å². The molecular weight excluding hydrogens is 268 g/mol. The highest BCUT2D eigenvalue weighted by molar-refractivity contribution is 5.89. The Bertz CT molecular complexity index is 376. The summed E-state index contributed by atoms with van der Waals surface area (Å²) in [5.41, 5.74) is 5.77. The van der Waals surface area contributed by atoms with Crippen LogP contribution in [-0.2, 0) is 9.59 Å². The molecule has 0 fully saturated rings. The van der Waals surface area contributed by atoms with Gasteiger partial charge in [0.05, 0.1) is 6.04 Å². The molecule has 0 rings (SSSR count). The van der Waals surface area contributed by atoms with E-state index in [0.717, 1.165) is 0 Å². The molecule has 2 unspecified atom stereocenters. The molecule has 6 nitrogen and oxygen atoms in total. The normalized spacial score (nSPS) is 14.9. The zero-order valence-corrected chi connectivity index (χ0v) is 13.4. The molecule has 0 heterocycles. The zero-order valence-electron chi connectivity index (χ0n) is 13.4. The third-order valence-electron chi connectivity index (χ3n) is 3.06. The van der Waals surface area contributed by atoms with Crippen LogP contribution in [0.15, 0.2) is 0 Å². The highest BCUT2D eigenvalue weighted by atomic mass is 16.2. The molecule has 21 heavy (non-hydrogen) atoms. The molecule has 0 aliphatic carbocycles. The molecule has 3 atom stereocenters. The van der Waals surface area contributed by atoms with Gasteiger partial charge in [-0.15, -0.1) is 12.3 Å². The standard InChI is InChI=1S/C15H28N4O2/c1-6-8-12(16)9-18-11(5)14(20)19-13(10(3)4)15(21)17-7-2/h1,10-13,18H,7-9,16H2,2-5H3,(H,17,21)(H,19,20)/t11?,12-,13?/m0/s1. The summed E-state index contributed by atoms with van der Waals surface area (Å²) in [7, 11) is 0. The van der Waals surface area contributed by atoms with E-state index in [1.54, 1.807) is 6.92 Å². The highest BCUT2D eigenvalue weighted by Crippen LogP contribution is 2.02. The van der Waals surface area contributed by atoms with Crippen molar-refractivity contribution in [3.8, 4) is 12.3 Å². The van der Waals surface area contributed by atoms with Crippen molar-refractivity contribution in [2.45, 2.75) is 52.2 Å². The van der Waals surface area contributed by atoms with Gasteiger partial charge in [-0.3, -0.25) is 9.59 Å². The predicted octanol–water partition coefficient (Wildman–Crippen LogP) is -0.408. The average molecular weight is 296 g/mol. The molecule has 0 saturated heterocycles. The van der Waals surface area contributed by atoms with Crippen LogP contribution in [0.3, 0.4) is 0 Å². The molecule has 6 heteroatoms. The number of amides is 2. The Hall–Kier alpha value is -1.58. The lowest BCUT2D eigenvalue weighted by Gasteiger charge is -2.24. The monoisotopic (exact) mass is 296 g/mol. The first kappa shape index (κ1) is 19.4. The molecule has 0 aliphatic rings. The molecule has 2 amide bonds. The van der Waals surface area contributed by atoms with Crippen LogP contribution in [0.2, 0.25) is 0 Å². The van der Waals surface area contributed by atoms with E-state index >= 15 is 0 Å². The van der Waals surface area contributed by atoms with Crippen molar-refractivity contribution in [3.63, 3.8) is 0 Å². The Kier molecular flexibility index (Phi) is 9.42. The first-order chi connectivity index (χ1) is 9.83. The number of carbonyl (C=O) groups is 2. The molecule has 0 radical (unpaired) electrons. The van der Waals surface area contributed by atoms with E-state index in [9.17, 15) is 9.59 Å². The minimum atomic E-state index is -0.541. The lowest BCUT2D eigenvalue weighted by atomic mass is 10.0. The number of nitrogens with two attached hydrogens (primary N) is 1. The Morgan fingerprint density at radius 3 is 2.33 bits per heavy atom. The maximum atomic E-state index is 12.1. The summed E-state index contributed by atoms with van der Waals surface area (Å²) in [6.07, 6.45) is 5.63. The lowest BCUT2D eigenvalue weighted by Crippen LogP contribution is -2.54. The average Bonchev–Trinajstić information content (AvgIpc) is 2.41. The van der Waals surface area contributed by atoms with E-state index in [-0.39, 0.29) is 23.8 Å². The summed E-state index contributed by atoms with van der Waals surface area (Å²) in [5.74, 6) is 2.09. The number of rotatable bonds is 9. The zero-order chi connectivity index (χ0) is 16.4. The predicted molar refractivity (Wildman–Crippen MR) is 84.3 cm³/mol. The third kappa shape index (κ3) is 7.69. The molecule has 0 bridgehead atoms. The minimum absolute atomic E-state index is 0.0106. The van der Waals surface area contributed by atoms with Gasteiger partial charge in [-0.25, -0.2) is 0 Å². The van der Waals surface area contributed by atoms with E-state index in [1.807, 2.05) is 20.8 Å². The van der Waals surface area contributed by atoms with Gasteiger partial charge < -0.3 is 21.7 Å². The van der Waals surface area contributed by atoms with E-state index in [2.05, 4.69) is 21.9 Å². The number of carbonyl (C=O) groups excluding carboxylic acids is 2. The first-order valence-corrected chi connectivity index (χ1v) is 7.33. The third-order valence-corrected chi connectivity index (χ3v) is 3.06. The summed E-state index contributed by atoms with van der Waals surface area (Å²) in [4.78, 5) is 24.0. The Labute approximate surface area is 127 Å². The fourth-order valence-electron chi connectivity index (χ4n) is 1.74. The molecule has 0 aliphatic heterocycles. The van der Waals surface area contributed by atoms with Gasteiger partial charge >= 0.3 is 0 Å². The molecule has 0 saturated carbocycles. The van der Waals surface area contributed by atoms with Crippen LogP contribution in [0, 0.1) is 18.3 Å². The van der Waals surface area contributed by atoms with Gasteiger partial charge in [-0.2, -0.15) is 0 Å². The van der Waals surface area contributed by atoms with E-state index in [1.165, 1.54) is 0 Å². The minimum Gasteiger partial charge on any atom is -0.355 e.